The first-order chi connectivity index (χ1) is 15.7. The molecule has 0 radical (unpaired) electrons. The molecule has 0 N–H and O–H groups in total. The molecule has 3 aromatic rings. The Balaban J connectivity index is 1.42. The minimum atomic E-state index is -0.323. The molecule has 1 fully saturated rings. The third kappa shape index (κ3) is 5.13. The van der Waals surface area contributed by atoms with Crippen molar-refractivity contribution in [2.75, 3.05) is 38.5 Å². The van der Waals surface area contributed by atoms with E-state index in [-0.39, 0.29) is 17.8 Å². The monoisotopic (exact) mass is 451 g/mol. The summed E-state index contributed by atoms with van der Waals surface area (Å²) >= 11 is 1.29. The second-order valence-electron chi connectivity index (χ2n) is 7.24. The molecule has 1 aromatic heterocycles. The Kier molecular flexibility index (Phi) is 7.11. The fourth-order valence-electron chi connectivity index (χ4n) is 3.51. The number of rotatable bonds is 6. The normalized spacial score (nSPS) is 13.8. The summed E-state index contributed by atoms with van der Waals surface area (Å²) in [5.41, 5.74) is 2.66. The van der Waals surface area contributed by atoms with E-state index in [1.807, 2.05) is 60.7 Å². The fourth-order valence-corrected chi connectivity index (χ4v) is 4.23. The molecule has 32 heavy (non-hydrogen) atoms. The van der Waals surface area contributed by atoms with Crippen LogP contribution in [0.3, 0.4) is 0 Å². The van der Waals surface area contributed by atoms with Crippen LogP contribution < -0.4 is 0 Å². The van der Waals surface area contributed by atoms with Gasteiger partial charge in [-0.3, -0.25) is 4.79 Å². The van der Waals surface area contributed by atoms with Crippen LogP contribution in [0.2, 0.25) is 0 Å². The number of thioether (sulfide) groups is 1. The van der Waals surface area contributed by atoms with Crippen LogP contribution in [-0.4, -0.2) is 65.3 Å². The molecule has 2 aromatic carbocycles. The number of nitrogens with zero attached hydrogens (tertiary/aromatic N) is 3. The summed E-state index contributed by atoms with van der Waals surface area (Å²) in [7, 11) is 0. The number of piperazine rings is 1. The van der Waals surface area contributed by atoms with Gasteiger partial charge in [0.05, 0.1) is 12.4 Å². The lowest BCUT2D eigenvalue weighted by Gasteiger charge is -2.33. The number of amides is 2. The van der Waals surface area contributed by atoms with Gasteiger partial charge in [0.15, 0.2) is 5.76 Å². The Morgan fingerprint density at radius 2 is 1.53 bits per heavy atom. The lowest BCUT2D eigenvalue weighted by atomic mass is 10.1. The van der Waals surface area contributed by atoms with Gasteiger partial charge in [0.1, 0.15) is 5.69 Å². The minimum absolute atomic E-state index is 0.000712. The van der Waals surface area contributed by atoms with Crippen molar-refractivity contribution in [2.24, 2.45) is 0 Å². The number of ether oxygens (including phenoxy) is 1. The predicted octanol–water partition coefficient (Wildman–Crippen LogP) is 4.40. The third-order valence-electron chi connectivity index (χ3n) is 5.17. The Morgan fingerprint density at radius 1 is 0.938 bits per heavy atom. The molecule has 7 nitrogen and oxygen atoms in total. The third-order valence-corrected chi connectivity index (χ3v) is 5.98. The zero-order chi connectivity index (χ0) is 22.3. The number of hydrogen-bond acceptors (Lipinski definition) is 6. The standard InChI is InChI=1S/C24H25N3O4S/c1-2-30-24(29)27-15-13-26(14-16-27)20(28)17-32-23-25-21(18-9-5-3-6-10-18)22(31-23)19-11-7-4-8-12-19/h3-12H,2,13-17H2,1H3. The van der Waals surface area contributed by atoms with E-state index < -0.39 is 0 Å². The molecule has 8 heteroatoms. The molecule has 2 amide bonds. The fraction of sp³-hybridized carbons (Fsp3) is 0.292. The smallest absolute Gasteiger partial charge is 0.409 e. The summed E-state index contributed by atoms with van der Waals surface area (Å²) < 4.78 is 11.1. The van der Waals surface area contributed by atoms with E-state index in [2.05, 4.69) is 4.98 Å². The molecule has 0 spiro atoms. The van der Waals surface area contributed by atoms with Crippen molar-refractivity contribution in [3.05, 3.63) is 60.7 Å². The zero-order valence-electron chi connectivity index (χ0n) is 17.9. The van der Waals surface area contributed by atoms with Crippen LogP contribution in [0, 0.1) is 0 Å². The summed E-state index contributed by atoms with van der Waals surface area (Å²) in [6.07, 6.45) is -0.323. The molecule has 0 atom stereocenters. The van der Waals surface area contributed by atoms with Crippen LogP contribution in [-0.2, 0) is 9.53 Å². The van der Waals surface area contributed by atoms with Crippen LogP contribution in [0.15, 0.2) is 70.3 Å². The first-order valence-electron chi connectivity index (χ1n) is 10.6. The van der Waals surface area contributed by atoms with E-state index in [0.29, 0.717) is 43.8 Å². The Labute approximate surface area is 191 Å². The molecule has 0 aliphatic carbocycles. The Morgan fingerprint density at radius 3 is 2.16 bits per heavy atom. The summed E-state index contributed by atoms with van der Waals surface area (Å²) in [5, 5.41) is 0.459. The average Bonchev–Trinajstić information content (AvgIpc) is 3.28. The molecule has 1 aliphatic heterocycles. The quantitative estimate of drug-likeness (QED) is 0.517. The van der Waals surface area contributed by atoms with Gasteiger partial charge in [0, 0.05) is 37.3 Å². The van der Waals surface area contributed by atoms with Gasteiger partial charge in [0.25, 0.3) is 5.22 Å². The van der Waals surface area contributed by atoms with E-state index in [1.165, 1.54) is 11.8 Å². The van der Waals surface area contributed by atoms with Crippen LogP contribution >= 0.6 is 11.8 Å². The second kappa shape index (κ2) is 10.4. The summed E-state index contributed by atoms with van der Waals surface area (Å²) in [6.45, 7) is 4.07. The molecule has 0 saturated carbocycles. The highest BCUT2D eigenvalue weighted by Gasteiger charge is 2.25. The van der Waals surface area contributed by atoms with Gasteiger partial charge in [-0.2, -0.15) is 0 Å². The first kappa shape index (κ1) is 22.0. The number of hydrogen-bond donors (Lipinski definition) is 0. The lowest BCUT2D eigenvalue weighted by Crippen LogP contribution is -2.51. The summed E-state index contributed by atoms with van der Waals surface area (Å²) in [5.74, 6) is 0.913. The van der Waals surface area contributed by atoms with E-state index in [4.69, 9.17) is 9.15 Å². The van der Waals surface area contributed by atoms with E-state index in [0.717, 1.165) is 16.8 Å². The molecule has 1 aliphatic rings. The van der Waals surface area contributed by atoms with Crippen molar-refractivity contribution in [3.8, 4) is 22.6 Å². The number of carbonyl (C=O) groups is 2. The zero-order valence-corrected chi connectivity index (χ0v) is 18.7. The molecular formula is C24H25N3O4S. The molecular weight excluding hydrogens is 426 g/mol. The first-order valence-corrected chi connectivity index (χ1v) is 11.6. The molecule has 0 bridgehead atoms. The Bertz CT molecular complexity index is 991. The average molecular weight is 452 g/mol. The largest absolute Gasteiger partial charge is 0.450 e. The van der Waals surface area contributed by atoms with Gasteiger partial charge >= 0.3 is 6.09 Å². The highest BCUT2D eigenvalue weighted by Crippen LogP contribution is 2.35. The molecule has 166 valence electrons. The number of carbonyl (C=O) groups excluding carboxylic acids is 2. The van der Waals surface area contributed by atoms with Crippen molar-refractivity contribution in [1.29, 1.82) is 0 Å². The van der Waals surface area contributed by atoms with Crippen LogP contribution in [0.4, 0.5) is 4.79 Å². The van der Waals surface area contributed by atoms with Crippen LogP contribution in [0.1, 0.15) is 6.92 Å². The predicted molar refractivity (Wildman–Crippen MR) is 123 cm³/mol. The van der Waals surface area contributed by atoms with Gasteiger partial charge in [-0.15, -0.1) is 0 Å². The maximum Gasteiger partial charge on any atom is 0.409 e. The summed E-state index contributed by atoms with van der Waals surface area (Å²) in [6, 6.07) is 19.7. The molecule has 4 rings (SSSR count). The van der Waals surface area contributed by atoms with E-state index in [9.17, 15) is 9.59 Å². The molecule has 2 heterocycles. The van der Waals surface area contributed by atoms with Gasteiger partial charge in [-0.05, 0) is 6.92 Å². The number of benzene rings is 2. The molecule has 0 unspecified atom stereocenters. The Hall–Kier alpha value is -3.26. The molecule has 1 saturated heterocycles. The number of oxazole rings is 1. The van der Waals surface area contributed by atoms with E-state index >= 15 is 0 Å². The topological polar surface area (TPSA) is 75.9 Å². The van der Waals surface area contributed by atoms with Crippen LogP contribution in [0.5, 0.6) is 0 Å². The van der Waals surface area contributed by atoms with Crippen molar-refractivity contribution in [2.45, 2.75) is 12.1 Å². The van der Waals surface area contributed by atoms with Crippen molar-refractivity contribution >= 4 is 23.8 Å². The lowest BCUT2D eigenvalue weighted by molar-refractivity contribution is -0.129. The van der Waals surface area contributed by atoms with Crippen LogP contribution in [0.25, 0.3) is 22.6 Å². The van der Waals surface area contributed by atoms with Crippen molar-refractivity contribution in [1.82, 2.24) is 14.8 Å². The van der Waals surface area contributed by atoms with Gasteiger partial charge in [-0.1, -0.05) is 72.4 Å². The van der Waals surface area contributed by atoms with Gasteiger partial charge in [0.2, 0.25) is 5.91 Å². The summed E-state index contributed by atoms with van der Waals surface area (Å²) in [4.78, 5) is 32.6. The van der Waals surface area contributed by atoms with Gasteiger partial charge in [-0.25, -0.2) is 9.78 Å². The SMILES string of the molecule is CCOC(=O)N1CCN(C(=O)CSc2nc(-c3ccccc3)c(-c3ccccc3)o2)CC1. The maximum absolute atomic E-state index is 12.7. The van der Waals surface area contributed by atoms with E-state index in [1.54, 1.807) is 16.7 Å². The highest BCUT2D eigenvalue weighted by atomic mass is 32.2. The second-order valence-corrected chi connectivity index (χ2v) is 8.17. The minimum Gasteiger partial charge on any atom is -0.450 e. The van der Waals surface area contributed by atoms with Crippen molar-refractivity contribution < 1.29 is 18.7 Å². The van der Waals surface area contributed by atoms with Gasteiger partial charge < -0.3 is 19.0 Å². The maximum atomic E-state index is 12.7. The van der Waals surface area contributed by atoms with Crippen molar-refractivity contribution in [3.63, 3.8) is 0 Å². The highest BCUT2D eigenvalue weighted by molar-refractivity contribution is 7.99. The number of aromatic nitrogens is 1.